The summed E-state index contributed by atoms with van der Waals surface area (Å²) in [4.78, 5) is 11.5. The van der Waals surface area contributed by atoms with E-state index in [0.29, 0.717) is 28.2 Å². The first-order chi connectivity index (χ1) is 6.69. The highest BCUT2D eigenvalue weighted by atomic mass is 79.9. The van der Waals surface area contributed by atoms with Crippen LogP contribution in [0.2, 0.25) is 5.02 Å². The van der Waals surface area contributed by atoms with Crippen LogP contribution >= 0.6 is 39.1 Å². The Kier molecular flexibility index (Phi) is 4.93. The Morgan fingerprint density at radius 3 is 2.71 bits per heavy atom. The van der Waals surface area contributed by atoms with Gasteiger partial charge in [0.2, 0.25) is 0 Å². The lowest BCUT2D eigenvalue weighted by molar-refractivity contribution is 0.0990. The number of hydrogen-bond donors (Lipinski definition) is 0. The molecule has 0 amide bonds. The average Bonchev–Trinajstić information content (AvgIpc) is 2.19. The fourth-order valence-corrected chi connectivity index (χ4v) is 1.91. The van der Waals surface area contributed by atoms with Crippen LogP contribution in [0.4, 0.5) is 0 Å². The molecule has 0 aliphatic carbocycles. The molecule has 1 aromatic carbocycles. The number of rotatable bonds is 4. The van der Waals surface area contributed by atoms with Crippen LogP contribution in [0.5, 0.6) is 0 Å². The third-order valence-corrected chi connectivity index (χ3v) is 2.89. The third kappa shape index (κ3) is 2.97. The van der Waals surface area contributed by atoms with Crippen LogP contribution < -0.4 is 0 Å². The molecule has 0 fully saturated rings. The van der Waals surface area contributed by atoms with E-state index >= 15 is 0 Å². The number of halogens is 3. The molecular formula is C10H9BrCl2O. The van der Waals surface area contributed by atoms with E-state index in [9.17, 15) is 4.79 Å². The molecule has 0 saturated heterocycles. The van der Waals surface area contributed by atoms with E-state index in [1.54, 1.807) is 18.2 Å². The summed E-state index contributed by atoms with van der Waals surface area (Å²) in [5.41, 5.74) is 1.47. The molecule has 0 atom stereocenters. The van der Waals surface area contributed by atoms with Crippen molar-refractivity contribution in [3.05, 3.63) is 34.3 Å². The number of carbonyl (C=O) groups excluding carboxylic acids is 1. The van der Waals surface area contributed by atoms with E-state index in [2.05, 4.69) is 15.9 Å². The van der Waals surface area contributed by atoms with Gasteiger partial charge in [0.1, 0.15) is 0 Å². The number of hydrogen-bond acceptors (Lipinski definition) is 1. The molecule has 0 aromatic heterocycles. The molecule has 0 heterocycles. The Morgan fingerprint density at radius 2 is 2.14 bits per heavy atom. The molecule has 0 bridgehead atoms. The Hall–Kier alpha value is -0.0500. The number of Topliss-reactive ketones (excluding diaryl/α,β-unsaturated/α-hetero) is 1. The predicted molar refractivity (Wildman–Crippen MR) is 63.8 cm³/mol. The van der Waals surface area contributed by atoms with Crippen LogP contribution in [-0.2, 0) is 5.88 Å². The van der Waals surface area contributed by atoms with Gasteiger partial charge in [-0.05, 0) is 23.8 Å². The van der Waals surface area contributed by atoms with Crippen LogP contribution in [0.3, 0.4) is 0 Å². The lowest BCUT2D eigenvalue weighted by Crippen LogP contribution is -2.00. The highest BCUT2D eigenvalue weighted by molar-refractivity contribution is 9.09. The number of ketones is 1. The Morgan fingerprint density at radius 1 is 1.43 bits per heavy atom. The molecule has 1 aromatic rings. The second-order valence-electron chi connectivity index (χ2n) is 2.80. The van der Waals surface area contributed by atoms with Gasteiger partial charge in [-0.2, -0.15) is 0 Å². The van der Waals surface area contributed by atoms with Crippen molar-refractivity contribution in [1.82, 2.24) is 0 Å². The van der Waals surface area contributed by atoms with Crippen molar-refractivity contribution < 1.29 is 4.79 Å². The first kappa shape index (κ1) is 12.0. The maximum atomic E-state index is 11.5. The fourth-order valence-electron chi connectivity index (χ4n) is 1.08. The second-order valence-corrected chi connectivity index (χ2v) is 4.27. The summed E-state index contributed by atoms with van der Waals surface area (Å²) in [6.45, 7) is 0. The van der Waals surface area contributed by atoms with Gasteiger partial charge >= 0.3 is 0 Å². The summed E-state index contributed by atoms with van der Waals surface area (Å²) in [7, 11) is 0. The molecule has 0 N–H and O–H groups in total. The van der Waals surface area contributed by atoms with Gasteiger partial charge < -0.3 is 0 Å². The highest BCUT2D eigenvalue weighted by Gasteiger charge is 2.07. The van der Waals surface area contributed by atoms with Crippen LogP contribution in [0, 0.1) is 0 Å². The minimum absolute atomic E-state index is 0.102. The molecule has 0 radical (unpaired) electrons. The van der Waals surface area contributed by atoms with Crippen molar-refractivity contribution in [1.29, 1.82) is 0 Å². The van der Waals surface area contributed by atoms with Gasteiger partial charge in [0, 0.05) is 28.2 Å². The minimum atomic E-state index is 0.102. The summed E-state index contributed by atoms with van der Waals surface area (Å²) in [6.07, 6.45) is 0.489. The Bertz CT molecular complexity index is 339. The van der Waals surface area contributed by atoms with Crippen LogP contribution in [0.1, 0.15) is 22.3 Å². The number of carbonyl (C=O) groups is 1. The first-order valence-electron chi connectivity index (χ1n) is 4.12. The molecule has 1 nitrogen and oxygen atoms in total. The number of benzene rings is 1. The zero-order chi connectivity index (χ0) is 10.6. The van der Waals surface area contributed by atoms with Gasteiger partial charge in [0.05, 0.1) is 0 Å². The van der Waals surface area contributed by atoms with E-state index in [-0.39, 0.29) is 5.78 Å². The SMILES string of the molecule is O=C(CCBr)c1ccc(Cl)c(CCl)c1. The van der Waals surface area contributed by atoms with Gasteiger partial charge in [-0.3, -0.25) is 4.79 Å². The molecule has 14 heavy (non-hydrogen) atoms. The van der Waals surface area contributed by atoms with E-state index in [1.165, 1.54) is 0 Å². The first-order valence-corrected chi connectivity index (χ1v) is 6.16. The molecule has 0 unspecified atom stereocenters. The van der Waals surface area contributed by atoms with Gasteiger partial charge in [-0.1, -0.05) is 27.5 Å². The van der Waals surface area contributed by atoms with Crippen LogP contribution in [-0.4, -0.2) is 11.1 Å². The van der Waals surface area contributed by atoms with Crippen molar-refractivity contribution in [3.8, 4) is 0 Å². The quantitative estimate of drug-likeness (QED) is 0.605. The predicted octanol–water partition coefficient (Wildman–Crippen LogP) is 4.05. The lowest BCUT2D eigenvalue weighted by Gasteiger charge is -2.03. The maximum Gasteiger partial charge on any atom is 0.163 e. The summed E-state index contributed by atoms with van der Waals surface area (Å²) in [5, 5.41) is 1.28. The summed E-state index contributed by atoms with van der Waals surface area (Å²) in [5.74, 6) is 0.429. The van der Waals surface area contributed by atoms with Crippen molar-refractivity contribution in [2.24, 2.45) is 0 Å². The maximum absolute atomic E-state index is 11.5. The molecule has 4 heteroatoms. The minimum Gasteiger partial charge on any atom is -0.294 e. The van der Waals surface area contributed by atoms with Gasteiger partial charge in [-0.25, -0.2) is 0 Å². The standard InChI is InChI=1S/C10H9BrCl2O/c11-4-3-10(14)7-1-2-9(13)8(5-7)6-12/h1-2,5H,3-4,6H2. The summed E-state index contributed by atoms with van der Waals surface area (Å²) < 4.78 is 0. The molecule has 0 aliphatic rings. The lowest BCUT2D eigenvalue weighted by atomic mass is 10.1. The van der Waals surface area contributed by atoms with E-state index in [4.69, 9.17) is 23.2 Å². The number of alkyl halides is 2. The van der Waals surface area contributed by atoms with E-state index in [0.717, 1.165) is 5.56 Å². The summed E-state index contributed by atoms with van der Waals surface area (Å²) >= 11 is 14.8. The van der Waals surface area contributed by atoms with Crippen molar-refractivity contribution in [3.63, 3.8) is 0 Å². The molecular weight excluding hydrogens is 287 g/mol. The van der Waals surface area contributed by atoms with Crippen LogP contribution in [0.25, 0.3) is 0 Å². The highest BCUT2D eigenvalue weighted by Crippen LogP contribution is 2.20. The van der Waals surface area contributed by atoms with Gasteiger partial charge in [-0.15, -0.1) is 11.6 Å². The molecule has 0 aliphatic heterocycles. The second kappa shape index (κ2) is 5.74. The zero-order valence-corrected chi connectivity index (χ0v) is 10.5. The van der Waals surface area contributed by atoms with Gasteiger partial charge in [0.15, 0.2) is 5.78 Å². The van der Waals surface area contributed by atoms with E-state index in [1.807, 2.05) is 0 Å². The fraction of sp³-hybridized carbons (Fsp3) is 0.300. The Labute approximate surface area is 102 Å². The van der Waals surface area contributed by atoms with Crippen molar-refractivity contribution >= 4 is 44.9 Å². The molecule has 0 spiro atoms. The Balaban J connectivity index is 2.94. The third-order valence-electron chi connectivity index (χ3n) is 1.83. The van der Waals surface area contributed by atoms with Crippen LogP contribution in [0.15, 0.2) is 18.2 Å². The summed E-state index contributed by atoms with van der Waals surface area (Å²) in [6, 6.07) is 5.18. The molecule has 0 saturated carbocycles. The van der Waals surface area contributed by atoms with Gasteiger partial charge in [0.25, 0.3) is 0 Å². The molecule has 76 valence electrons. The normalized spacial score (nSPS) is 10.2. The van der Waals surface area contributed by atoms with Crippen molar-refractivity contribution in [2.75, 3.05) is 5.33 Å². The monoisotopic (exact) mass is 294 g/mol. The molecule has 1 rings (SSSR count). The average molecular weight is 296 g/mol. The smallest absolute Gasteiger partial charge is 0.163 e. The largest absolute Gasteiger partial charge is 0.294 e. The topological polar surface area (TPSA) is 17.1 Å². The van der Waals surface area contributed by atoms with E-state index < -0.39 is 0 Å². The van der Waals surface area contributed by atoms with Crippen molar-refractivity contribution in [2.45, 2.75) is 12.3 Å². The zero-order valence-electron chi connectivity index (χ0n) is 7.40.